The average molecular weight is 986 g/mol. The van der Waals surface area contributed by atoms with Crippen molar-refractivity contribution in [3.8, 4) is 0 Å². The molecule has 10 atom stereocenters. The Morgan fingerprint density at radius 2 is 1.00 bits per heavy atom. The van der Waals surface area contributed by atoms with E-state index in [1.807, 2.05) is 0 Å². The normalized spacial score (nSPS) is 17.4. The predicted molar refractivity (Wildman–Crippen MR) is 241 cm³/mol. The van der Waals surface area contributed by atoms with Crippen LogP contribution in [0.3, 0.4) is 0 Å². The molecule has 1 aliphatic rings. The highest BCUT2D eigenvalue weighted by Crippen LogP contribution is 2.21. The van der Waals surface area contributed by atoms with Gasteiger partial charge in [-0.15, -0.1) is 0 Å². The molecule has 26 heteroatoms. The fourth-order valence-corrected chi connectivity index (χ4v) is 7.04. The number of rotatable bonds is 30. The second-order valence-corrected chi connectivity index (χ2v) is 18.3. The van der Waals surface area contributed by atoms with Crippen molar-refractivity contribution in [3.05, 3.63) is 0 Å². The average Bonchev–Trinajstić information content (AvgIpc) is 3.73. The number of carbonyl (C=O) groups excluding carboxylic acids is 8. The summed E-state index contributed by atoms with van der Waals surface area (Å²) in [7, 11) is 0. The Morgan fingerprint density at radius 1 is 0.551 bits per heavy atom. The van der Waals surface area contributed by atoms with Crippen molar-refractivity contribution in [1.29, 1.82) is 0 Å². The first-order chi connectivity index (χ1) is 32.0. The smallest absolute Gasteiger partial charge is 0.326 e. The van der Waals surface area contributed by atoms with E-state index in [-0.39, 0.29) is 43.6 Å². The first-order valence-corrected chi connectivity index (χ1v) is 22.7. The van der Waals surface area contributed by atoms with Crippen LogP contribution in [0.4, 0.5) is 0 Å². The van der Waals surface area contributed by atoms with Crippen molar-refractivity contribution in [2.24, 2.45) is 23.5 Å². The molecule has 0 spiro atoms. The monoisotopic (exact) mass is 985 g/mol. The van der Waals surface area contributed by atoms with Gasteiger partial charge in [0, 0.05) is 19.4 Å². The number of nitrogens with zero attached hydrogens (tertiary/aromatic N) is 1. The lowest BCUT2D eigenvalue weighted by atomic mass is 10.0. The molecule has 0 bridgehead atoms. The molecule has 390 valence electrons. The number of carbonyl (C=O) groups is 12. The van der Waals surface area contributed by atoms with E-state index in [9.17, 15) is 83.1 Å². The van der Waals surface area contributed by atoms with E-state index in [0.717, 1.165) is 13.8 Å². The molecule has 26 nitrogen and oxygen atoms in total. The van der Waals surface area contributed by atoms with Crippen LogP contribution in [0.5, 0.6) is 0 Å². The Kier molecular flexibility index (Phi) is 25.3. The lowest BCUT2D eigenvalue weighted by Gasteiger charge is -2.30. The maximum Gasteiger partial charge on any atom is 0.326 e. The summed E-state index contributed by atoms with van der Waals surface area (Å²) in [5.74, 6) is -14.5. The largest absolute Gasteiger partial charge is 0.481 e. The van der Waals surface area contributed by atoms with Crippen LogP contribution in [0.1, 0.15) is 113 Å². The minimum atomic E-state index is -2.01. The fraction of sp³-hybridized carbons (Fsp3) is 0.721. The van der Waals surface area contributed by atoms with Gasteiger partial charge in [-0.2, -0.15) is 0 Å². The summed E-state index contributed by atoms with van der Waals surface area (Å²) in [5, 5.41) is 64.3. The third kappa shape index (κ3) is 21.2. The summed E-state index contributed by atoms with van der Waals surface area (Å²) in [6.07, 6.45) is -4.61. The van der Waals surface area contributed by atoms with Crippen LogP contribution < -0.4 is 43.0 Å². The summed E-state index contributed by atoms with van der Waals surface area (Å²) in [5.41, 5.74) is 6.07. The van der Waals surface area contributed by atoms with Gasteiger partial charge in [0.15, 0.2) is 0 Å². The Bertz CT molecular complexity index is 1880. The minimum Gasteiger partial charge on any atom is -0.481 e. The predicted octanol–water partition coefficient (Wildman–Crippen LogP) is -2.86. The lowest BCUT2D eigenvalue weighted by molar-refractivity contribution is -0.143. The van der Waals surface area contributed by atoms with Crippen molar-refractivity contribution in [3.63, 3.8) is 0 Å². The van der Waals surface area contributed by atoms with E-state index < -0.39 is 164 Å². The molecule has 0 aliphatic carbocycles. The number of aliphatic carboxylic acids is 4. The molecular formula is C43H71N9O17. The quantitative estimate of drug-likeness (QED) is 0.0344. The second kappa shape index (κ2) is 28.8. The maximum absolute atomic E-state index is 13.7. The number of likely N-dealkylation sites (tertiary alicyclic amines) is 1. The number of aliphatic hydroxyl groups excluding tert-OH is 1. The lowest BCUT2D eigenvalue weighted by Crippen LogP contribution is -2.62. The van der Waals surface area contributed by atoms with Gasteiger partial charge in [-0.25, -0.2) is 4.79 Å². The topological polar surface area (TPSA) is 419 Å². The molecule has 0 aromatic rings. The van der Waals surface area contributed by atoms with Gasteiger partial charge in [-0.1, -0.05) is 41.5 Å². The highest BCUT2D eigenvalue weighted by molar-refractivity contribution is 5.99. The zero-order chi connectivity index (χ0) is 53.0. The molecule has 1 saturated heterocycles. The van der Waals surface area contributed by atoms with Crippen molar-refractivity contribution in [1.82, 2.24) is 42.1 Å². The zero-order valence-corrected chi connectivity index (χ0v) is 40.2. The van der Waals surface area contributed by atoms with Crippen molar-refractivity contribution in [2.45, 2.75) is 174 Å². The van der Waals surface area contributed by atoms with E-state index in [2.05, 4.69) is 37.2 Å². The number of carboxylic acid groups (broad SMARTS) is 4. The first-order valence-electron chi connectivity index (χ1n) is 22.7. The standard InChI is InChI=1S/C43H71N9O17/c1-19(2)16-26(49-40(65)29-10-9-15-52(29)42(67)33(44)21(5)6)39(64)51-34(23(8)53)41(66)47-25(12-14-31(56)57)36(61)48-27(18-32(58)59)38(63)45-22(7)35(60)46-24(11-13-30(54)55)37(62)50-28(43(68)69)17-20(3)4/h19-29,33-34,53H,9-18,44H2,1-8H3,(H,45,63)(H,46,60)(H,47,66)(H,48,61)(H,49,65)(H,50,62)(H,51,64)(H,54,55)(H,56,57)(H,58,59)(H,68,69)/t22-,23+,24-,25-,26-,27-,28-,29-,33-,34-/m0/s1. The summed E-state index contributed by atoms with van der Waals surface area (Å²) in [4.78, 5) is 155. The molecule has 0 aromatic heterocycles. The van der Waals surface area contributed by atoms with Gasteiger partial charge >= 0.3 is 23.9 Å². The van der Waals surface area contributed by atoms with Crippen molar-refractivity contribution >= 4 is 71.1 Å². The molecule has 1 aliphatic heterocycles. The minimum absolute atomic E-state index is 0.0111. The summed E-state index contributed by atoms with van der Waals surface area (Å²) >= 11 is 0. The van der Waals surface area contributed by atoms with Gasteiger partial charge in [-0.3, -0.25) is 52.7 Å². The molecule has 0 radical (unpaired) electrons. The van der Waals surface area contributed by atoms with Gasteiger partial charge in [0.2, 0.25) is 47.3 Å². The van der Waals surface area contributed by atoms with Crippen LogP contribution in [0.2, 0.25) is 0 Å². The van der Waals surface area contributed by atoms with E-state index in [4.69, 9.17) is 5.73 Å². The third-order valence-electron chi connectivity index (χ3n) is 10.9. The van der Waals surface area contributed by atoms with Crippen LogP contribution in [-0.2, 0) is 57.5 Å². The Hall–Kier alpha value is -6.44. The molecule has 0 unspecified atom stereocenters. The molecule has 0 saturated carbocycles. The van der Waals surface area contributed by atoms with Gasteiger partial charge < -0.3 is 73.4 Å². The molecule has 1 rings (SSSR count). The molecule has 8 amide bonds. The highest BCUT2D eigenvalue weighted by Gasteiger charge is 2.40. The van der Waals surface area contributed by atoms with Crippen molar-refractivity contribution < 1.29 is 83.1 Å². The fourth-order valence-electron chi connectivity index (χ4n) is 7.04. The number of hydrogen-bond acceptors (Lipinski definition) is 14. The SMILES string of the molecule is CC(C)C[C@H](NC(=O)[C@H](CCC(=O)O)NC(=O)[C@H](C)NC(=O)[C@H](CC(=O)O)NC(=O)[C@H](CCC(=O)O)NC(=O)[C@@H](NC(=O)[C@H](CC(C)C)NC(=O)[C@@H]1CCCN1C(=O)[C@@H](N)C(C)C)[C@@H](C)O)C(=O)O. The van der Waals surface area contributed by atoms with Gasteiger partial charge in [0.1, 0.15) is 48.3 Å². The zero-order valence-electron chi connectivity index (χ0n) is 40.2. The van der Waals surface area contributed by atoms with Crippen LogP contribution in [0.25, 0.3) is 0 Å². The van der Waals surface area contributed by atoms with Crippen LogP contribution in [0.15, 0.2) is 0 Å². The number of amides is 8. The van der Waals surface area contributed by atoms with Crippen molar-refractivity contribution in [2.75, 3.05) is 6.54 Å². The van der Waals surface area contributed by atoms with Gasteiger partial charge in [0.25, 0.3) is 0 Å². The number of nitrogens with two attached hydrogens (primary N) is 1. The number of hydrogen-bond donors (Lipinski definition) is 13. The number of aliphatic hydroxyl groups is 1. The van der Waals surface area contributed by atoms with Gasteiger partial charge in [0.05, 0.1) is 18.6 Å². The molecule has 69 heavy (non-hydrogen) atoms. The summed E-state index contributed by atoms with van der Waals surface area (Å²) in [6.45, 7) is 12.8. The van der Waals surface area contributed by atoms with E-state index in [1.165, 1.54) is 4.90 Å². The summed E-state index contributed by atoms with van der Waals surface area (Å²) in [6, 6.07) is -13.5. The van der Waals surface area contributed by atoms with E-state index in [1.54, 1.807) is 41.5 Å². The molecule has 1 fully saturated rings. The Balaban J connectivity index is 3.31. The highest BCUT2D eigenvalue weighted by atomic mass is 16.4. The summed E-state index contributed by atoms with van der Waals surface area (Å²) < 4.78 is 0. The van der Waals surface area contributed by atoms with Crippen LogP contribution >= 0.6 is 0 Å². The molecule has 14 N–H and O–H groups in total. The number of carboxylic acids is 4. The number of nitrogens with one attached hydrogen (secondary N) is 7. The Morgan fingerprint density at radius 3 is 1.45 bits per heavy atom. The molecule has 0 aromatic carbocycles. The van der Waals surface area contributed by atoms with Crippen LogP contribution in [-0.4, -0.2) is 169 Å². The Labute approximate surface area is 399 Å². The van der Waals surface area contributed by atoms with E-state index >= 15 is 0 Å². The van der Waals surface area contributed by atoms with Crippen LogP contribution in [0, 0.1) is 17.8 Å². The van der Waals surface area contributed by atoms with Gasteiger partial charge in [-0.05, 0) is 70.1 Å². The second-order valence-electron chi connectivity index (χ2n) is 18.3. The first kappa shape index (κ1) is 60.6. The van der Waals surface area contributed by atoms with E-state index in [0.29, 0.717) is 6.42 Å². The molecule has 1 heterocycles. The maximum atomic E-state index is 13.7. The third-order valence-corrected chi connectivity index (χ3v) is 10.9. The molecular weight excluding hydrogens is 915 g/mol.